The van der Waals surface area contributed by atoms with E-state index in [0.29, 0.717) is 18.6 Å². The zero-order valence-corrected chi connectivity index (χ0v) is 25.6. The highest BCUT2D eigenvalue weighted by molar-refractivity contribution is 5.76. The van der Waals surface area contributed by atoms with Crippen LogP contribution in [0, 0.1) is 0 Å². The number of ether oxygens (including phenoxy) is 3. The van der Waals surface area contributed by atoms with Crippen LogP contribution in [-0.4, -0.2) is 55.6 Å². The SMILES string of the molecule is C/C=C(\OOCC)Oc1ccc(-c2nc(-c3ccc(CC)cc3O)nc(-c3ccc(OC(C)C(=O)OCC)cc3O)n2)c(O)c1. The van der Waals surface area contributed by atoms with E-state index in [-0.39, 0.29) is 69.9 Å². The summed E-state index contributed by atoms with van der Waals surface area (Å²) in [5, 5.41) is 32.8. The van der Waals surface area contributed by atoms with Gasteiger partial charge in [-0.1, -0.05) is 13.0 Å². The molecule has 0 bridgehead atoms. The lowest BCUT2D eigenvalue weighted by Gasteiger charge is -2.15. The lowest BCUT2D eigenvalue weighted by atomic mass is 10.1. The van der Waals surface area contributed by atoms with Crippen LogP contribution in [0.2, 0.25) is 0 Å². The van der Waals surface area contributed by atoms with E-state index in [1.807, 2.05) is 13.0 Å². The first-order chi connectivity index (χ1) is 21.7. The third kappa shape index (κ3) is 7.98. The van der Waals surface area contributed by atoms with Crippen molar-refractivity contribution in [3.63, 3.8) is 0 Å². The molecule has 236 valence electrons. The van der Waals surface area contributed by atoms with Crippen LogP contribution >= 0.6 is 0 Å². The lowest BCUT2D eigenvalue weighted by Crippen LogP contribution is -2.26. The molecule has 0 fully saturated rings. The zero-order valence-electron chi connectivity index (χ0n) is 25.6. The summed E-state index contributed by atoms with van der Waals surface area (Å²) in [4.78, 5) is 35.6. The number of aromatic nitrogens is 3. The molecule has 1 heterocycles. The van der Waals surface area contributed by atoms with Crippen LogP contribution in [0.15, 0.2) is 66.6 Å². The Bertz CT molecular complexity index is 1690. The summed E-state index contributed by atoms with van der Waals surface area (Å²) in [6.07, 6.45) is 1.37. The predicted molar refractivity (Wildman–Crippen MR) is 164 cm³/mol. The fourth-order valence-electron chi connectivity index (χ4n) is 4.13. The van der Waals surface area contributed by atoms with E-state index in [9.17, 15) is 20.1 Å². The van der Waals surface area contributed by atoms with E-state index in [1.54, 1.807) is 57.2 Å². The number of aryl methyl sites for hydroxylation is 1. The summed E-state index contributed by atoms with van der Waals surface area (Å²) in [5.74, 6) is -0.250. The second-order valence-corrected chi connectivity index (χ2v) is 9.58. The molecular weight excluding hydrogens is 582 g/mol. The molecule has 0 aliphatic carbocycles. The summed E-state index contributed by atoms with van der Waals surface area (Å²) in [6, 6.07) is 14.1. The Morgan fingerprint density at radius 2 is 1.31 bits per heavy atom. The van der Waals surface area contributed by atoms with Gasteiger partial charge in [0.05, 0.1) is 29.9 Å². The first-order valence-electron chi connectivity index (χ1n) is 14.4. The molecule has 3 aromatic carbocycles. The van der Waals surface area contributed by atoms with Gasteiger partial charge >= 0.3 is 11.9 Å². The molecular formula is C33H35N3O9. The van der Waals surface area contributed by atoms with E-state index in [1.165, 1.54) is 25.1 Å². The number of aromatic hydroxyl groups is 3. The minimum atomic E-state index is -0.899. The van der Waals surface area contributed by atoms with Crippen molar-refractivity contribution < 1.29 is 44.1 Å². The van der Waals surface area contributed by atoms with Gasteiger partial charge in [0.2, 0.25) is 0 Å². The average molecular weight is 618 g/mol. The van der Waals surface area contributed by atoms with Crippen molar-refractivity contribution in [1.29, 1.82) is 0 Å². The maximum atomic E-state index is 12.0. The van der Waals surface area contributed by atoms with Crippen molar-refractivity contribution in [3.05, 3.63) is 72.2 Å². The fourth-order valence-corrected chi connectivity index (χ4v) is 4.13. The molecule has 0 saturated carbocycles. The summed E-state index contributed by atoms with van der Waals surface area (Å²) >= 11 is 0. The lowest BCUT2D eigenvalue weighted by molar-refractivity contribution is -0.279. The van der Waals surface area contributed by atoms with Crippen molar-refractivity contribution in [2.24, 2.45) is 0 Å². The quantitative estimate of drug-likeness (QED) is 0.0686. The highest BCUT2D eigenvalue weighted by Crippen LogP contribution is 2.37. The number of nitrogens with zero attached hydrogens (tertiary/aromatic N) is 3. The molecule has 12 nitrogen and oxygen atoms in total. The number of hydrogen-bond acceptors (Lipinski definition) is 12. The Morgan fingerprint density at radius 1 is 0.778 bits per heavy atom. The summed E-state index contributed by atoms with van der Waals surface area (Å²) in [6.45, 7) is 9.19. The number of phenolic OH excluding ortho intramolecular Hbond substituents is 3. The minimum absolute atomic E-state index is 0.0421. The molecule has 0 spiro atoms. The highest BCUT2D eigenvalue weighted by atomic mass is 17.2. The van der Waals surface area contributed by atoms with Gasteiger partial charge in [-0.3, -0.25) is 4.89 Å². The summed E-state index contributed by atoms with van der Waals surface area (Å²) in [7, 11) is 0. The molecule has 0 radical (unpaired) electrons. The van der Waals surface area contributed by atoms with Gasteiger partial charge in [-0.25, -0.2) is 19.7 Å². The van der Waals surface area contributed by atoms with Crippen molar-refractivity contribution in [3.8, 4) is 62.9 Å². The monoisotopic (exact) mass is 617 g/mol. The maximum absolute atomic E-state index is 12.0. The molecule has 1 aromatic heterocycles. The van der Waals surface area contributed by atoms with Crippen LogP contribution in [0.4, 0.5) is 0 Å². The molecule has 0 aliphatic rings. The van der Waals surface area contributed by atoms with Crippen LogP contribution < -0.4 is 9.47 Å². The summed E-state index contributed by atoms with van der Waals surface area (Å²) < 4.78 is 16.2. The van der Waals surface area contributed by atoms with Gasteiger partial charge in [-0.15, -0.1) is 0 Å². The Labute approximate surface area is 260 Å². The van der Waals surface area contributed by atoms with Crippen LogP contribution in [0.5, 0.6) is 28.7 Å². The van der Waals surface area contributed by atoms with E-state index < -0.39 is 12.1 Å². The molecule has 0 saturated heterocycles. The predicted octanol–water partition coefficient (Wildman–Crippen LogP) is 6.09. The number of hydrogen-bond donors (Lipinski definition) is 3. The number of benzene rings is 3. The number of carbonyl (C=O) groups excluding carboxylic acids is 1. The average Bonchev–Trinajstić information content (AvgIpc) is 3.02. The Kier molecular flexibility index (Phi) is 10.8. The van der Waals surface area contributed by atoms with Crippen molar-refractivity contribution in [1.82, 2.24) is 15.0 Å². The molecule has 45 heavy (non-hydrogen) atoms. The first kappa shape index (κ1) is 32.6. The van der Waals surface area contributed by atoms with Crippen molar-refractivity contribution in [2.75, 3.05) is 13.2 Å². The van der Waals surface area contributed by atoms with E-state index in [0.717, 1.165) is 5.56 Å². The van der Waals surface area contributed by atoms with Crippen LogP contribution in [0.3, 0.4) is 0 Å². The maximum Gasteiger partial charge on any atom is 0.347 e. The molecule has 0 amide bonds. The van der Waals surface area contributed by atoms with Gasteiger partial charge < -0.3 is 29.5 Å². The summed E-state index contributed by atoms with van der Waals surface area (Å²) in [5.41, 5.74) is 1.68. The van der Waals surface area contributed by atoms with E-state index in [4.69, 9.17) is 24.0 Å². The first-order valence-corrected chi connectivity index (χ1v) is 14.4. The number of carbonyl (C=O) groups is 1. The van der Waals surface area contributed by atoms with Crippen molar-refractivity contribution >= 4 is 5.97 Å². The minimum Gasteiger partial charge on any atom is -0.507 e. The second kappa shape index (κ2) is 14.9. The molecule has 1 atom stereocenters. The van der Waals surface area contributed by atoms with E-state index in [2.05, 4.69) is 15.0 Å². The molecule has 4 rings (SSSR count). The van der Waals surface area contributed by atoms with Gasteiger partial charge in [-0.05, 0) is 82.2 Å². The van der Waals surface area contributed by atoms with Gasteiger partial charge in [0.15, 0.2) is 23.6 Å². The van der Waals surface area contributed by atoms with Crippen LogP contribution in [0.25, 0.3) is 34.2 Å². The number of phenols is 3. The zero-order chi connectivity index (χ0) is 32.5. The Morgan fingerprint density at radius 3 is 1.80 bits per heavy atom. The van der Waals surface area contributed by atoms with E-state index >= 15 is 0 Å². The van der Waals surface area contributed by atoms with Crippen molar-refractivity contribution in [2.45, 2.75) is 47.1 Å². The Balaban J connectivity index is 1.77. The molecule has 1 unspecified atom stereocenters. The van der Waals surface area contributed by atoms with Gasteiger partial charge in [0, 0.05) is 12.1 Å². The Hall–Kier alpha value is -5.36. The molecule has 0 aliphatic heterocycles. The molecule has 3 N–H and O–H groups in total. The molecule has 4 aromatic rings. The molecule has 12 heteroatoms. The third-order valence-electron chi connectivity index (χ3n) is 6.41. The standard InChI is InChI=1S/C33H35N3O9/c1-6-20-10-13-23(26(37)16-20)30-34-31(24-14-11-21(17-27(24)38)43-19(5)33(40)41-8-3)36-32(35-30)25-15-12-22(18-28(25)39)44-29(7-2)45-42-9-4/h7,10-19,37-39H,6,8-9H2,1-5H3/b29-7-. The van der Waals surface area contributed by atoms with Crippen LogP contribution in [-0.2, 0) is 25.7 Å². The third-order valence-corrected chi connectivity index (χ3v) is 6.41. The normalized spacial score (nSPS) is 12.0. The fraction of sp³-hybridized carbons (Fsp3) is 0.273. The van der Waals surface area contributed by atoms with Crippen LogP contribution in [0.1, 0.15) is 40.2 Å². The number of allylic oxidation sites excluding steroid dienone is 1. The number of rotatable bonds is 13. The number of esters is 1. The van der Waals surface area contributed by atoms with Gasteiger partial charge in [-0.2, -0.15) is 4.89 Å². The van der Waals surface area contributed by atoms with Gasteiger partial charge in [0.25, 0.3) is 0 Å². The smallest absolute Gasteiger partial charge is 0.347 e. The second-order valence-electron chi connectivity index (χ2n) is 9.58. The largest absolute Gasteiger partial charge is 0.507 e. The topological polar surface area (TPSA) is 163 Å². The highest BCUT2D eigenvalue weighted by Gasteiger charge is 2.21. The van der Waals surface area contributed by atoms with Gasteiger partial charge in [0.1, 0.15) is 28.7 Å².